The average Bonchev–Trinajstić information content (AvgIpc) is 2.74. The predicted octanol–water partition coefficient (Wildman–Crippen LogP) is 4.52. The summed E-state index contributed by atoms with van der Waals surface area (Å²) in [6.45, 7) is 5.44. The third kappa shape index (κ3) is 7.48. The number of hydrogen-bond acceptors (Lipinski definition) is 4. The highest BCUT2D eigenvalue weighted by Gasteiger charge is 2.13. The van der Waals surface area contributed by atoms with Crippen LogP contribution in [0.3, 0.4) is 0 Å². The maximum absolute atomic E-state index is 12.5. The molecule has 0 spiro atoms. The molecule has 2 rings (SSSR count). The summed E-state index contributed by atoms with van der Waals surface area (Å²) in [5, 5.41) is 8.59. The standard InChI is InChI=1S/C23H29N3O3S/c1-3-5-15-24-22(28)19-9-7-8-10-20(19)25-23(30)26-21(27)17-11-13-18(14-12-17)29-16-6-4-2/h7-14H,3-6,15-16H2,1-2H3,(H,24,28)(H2,25,26,27,30). The Morgan fingerprint density at radius 3 is 2.33 bits per heavy atom. The predicted molar refractivity (Wildman–Crippen MR) is 124 cm³/mol. The lowest BCUT2D eigenvalue weighted by Crippen LogP contribution is -2.35. The van der Waals surface area contributed by atoms with Crippen LogP contribution in [-0.4, -0.2) is 30.1 Å². The number of para-hydroxylation sites is 1. The number of amides is 2. The van der Waals surface area contributed by atoms with Crippen LogP contribution >= 0.6 is 12.2 Å². The van der Waals surface area contributed by atoms with Crippen LogP contribution in [0.5, 0.6) is 5.75 Å². The third-order valence-corrected chi connectivity index (χ3v) is 4.55. The molecular formula is C23H29N3O3S. The number of benzene rings is 2. The first-order valence-electron chi connectivity index (χ1n) is 10.3. The van der Waals surface area contributed by atoms with Crippen molar-refractivity contribution in [1.29, 1.82) is 0 Å². The summed E-state index contributed by atoms with van der Waals surface area (Å²) in [6.07, 6.45) is 3.97. The molecule has 3 N–H and O–H groups in total. The molecule has 6 nitrogen and oxygen atoms in total. The molecule has 0 aromatic heterocycles. The number of hydrogen-bond donors (Lipinski definition) is 3. The number of carbonyl (C=O) groups excluding carboxylic acids is 2. The van der Waals surface area contributed by atoms with Crippen LogP contribution in [0, 0.1) is 0 Å². The first-order chi connectivity index (χ1) is 14.5. The zero-order valence-electron chi connectivity index (χ0n) is 17.5. The van der Waals surface area contributed by atoms with Crippen LogP contribution in [0.15, 0.2) is 48.5 Å². The van der Waals surface area contributed by atoms with Gasteiger partial charge in [-0.05, 0) is 61.5 Å². The molecule has 2 aromatic rings. The molecule has 0 saturated heterocycles. The van der Waals surface area contributed by atoms with E-state index in [1.807, 2.05) is 0 Å². The summed E-state index contributed by atoms with van der Waals surface area (Å²) in [5.41, 5.74) is 1.47. The van der Waals surface area contributed by atoms with Crippen molar-refractivity contribution in [2.24, 2.45) is 0 Å². The lowest BCUT2D eigenvalue weighted by Gasteiger charge is -2.14. The Balaban J connectivity index is 1.94. The van der Waals surface area contributed by atoms with E-state index in [1.165, 1.54) is 0 Å². The number of thiocarbonyl (C=S) groups is 1. The second kappa shape index (κ2) is 12.6. The van der Waals surface area contributed by atoms with Crippen molar-refractivity contribution in [2.45, 2.75) is 39.5 Å². The van der Waals surface area contributed by atoms with Gasteiger partial charge < -0.3 is 15.4 Å². The number of ether oxygens (including phenoxy) is 1. The van der Waals surface area contributed by atoms with Crippen LogP contribution in [-0.2, 0) is 0 Å². The number of unbranched alkanes of at least 4 members (excludes halogenated alkanes) is 2. The third-order valence-electron chi connectivity index (χ3n) is 4.35. The molecule has 7 heteroatoms. The minimum absolute atomic E-state index is 0.122. The fourth-order valence-corrected chi connectivity index (χ4v) is 2.83. The van der Waals surface area contributed by atoms with E-state index in [4.69, 9.17) is 17.0 Å². The molecule has 0 atom stereocenters. The van der Waals surface area contributed by atoms with Crippen LogP contribution in [0.2, 0.25) is 0 Å². The molecule has 0 fully saturated rings. The van der Waals surface area contributed by atoms with E-state index in [-0.39, 0.29) is 16.9 Å². The van der Waals surface area contributed by atoms with E-state index in [1.54, 1.807) is 48.5 Å². The molecule has 0 aliphatic heterocycles. The molecule has 0 radical (unpaired) electrons. The second-order valence-electron chi connectivity index (χ2n) is 6.79. The van der Waals surface area contributed by atoms with Gasteiger partial charge in [-0.25, -0.2) is 0 Å². The normalized spacial score (nSPS) is 10.2. The first-order valence-corrected chi connectivity index (χ1v) is 10.7. The van der Waals surface area contributed by atoms with E-state index in [9.17, 15) is 9.59 Å². The molecule has 0 bridgehead atoms. The molecule has 2 aromatic carbocycles. The summed E-state index contributed by atoms with van der Waals surface area (Å²) < 4.78 is 5.60. The Labute approximate surface area is 183 Å². The SMILES string of the molecule is CCCCNC(=O)c1ccccc1NC(=S)NC(=O)c1ccc(OCCCC)cc1. The largest absolute Gasteiger partial charge is 0.494 e. The highest BCUT2D eigenvalue weighted by molar-refractivity contribution is 7.80. The quantitative estimate of drug-likeness (QED) is 0.384. The molecule has 2 amide bonds. The summed E-state index contributed by atoms with van der Waals surface area (Å²) in [6, 6.07) is 13.9. The van der Waals surface area contributed by atoms with Gasteiger partial charge in [0.05, 0.1) is 17.9 Å². The minimum atomic E-state index is -0.336. The molecule has 0 saturated carbocycles. The maximum atomic E-state index is 12.5. The van der Waals surface area contributed by atoms with Crippen LogP contribution in [0.25, 0.3) is 0 Å². The van der Waals surface area contributed by atoms with Crippen molar-refractivity contribution in [3.05, 3.63) is 59.7 Å². The van der Waals surface area contributed by atoms with Gasteiger partial charge in [0.1, 0.15) is 5.75 Å². The Kier molecular flexibility index (Phi) is 9.80. The van der Waals surface area contributed by atoms with Crippen LogP contribution in [0.1, 0.15) is 60.2 Å². The monoisotopic (exact) mass is 427 g/mol. The smallest absolute Gasteiger partial charge is 0.257 e. The van der Waals surface area contributed by atoms with E-state index >= 15 is 0 Å². The zero-order valence-corrected chi connectivity index (χ0v) is 18.3. The maximum Gasteiger partial charge on any atom is 0.257 e. The molecular weight excluding hydrogens is 398 g/mol. The van der Waals surface area contributed by atoms with Crippen LogP contribution < -0.4 is 20.7 Å². The summed E-state index contributed by atoms with van der Waals surface area (Å²) in [4.78, 5) is 24.8. The molecule has 0 unspecified atom stereocenters. The van der Waals surface area contributed by atoms with E-state index < -0.39 is 0 Å². The fraction of sp³-hybridized carbons (Fsp3) is 0.348. The van der Waals surface area contributed by atoms with Crippen molar-refractivity contribution in [1.82, 2.24) is 10.6 Å². The van der Waals surface area contributed by atoms with Gasteiger partial charge in [0, 0.05) is 12.1 Å². The van der Waals surface area contributed by atoms with Crippen molar-refractivity contribution in [3.63, 3.8) is 0 Å². The van der Waals surface area contributed by atoms with Gasteiger partial charge in [-0.2, -0.15) is 0 Å². The van der Waals surface area contributed by atoms with Gasteiger partial charge in [-0.3, -0.25) is 14.9 Å². The fourth-order valence-electron chi connectivity index (χ4n) is 2.63. The van der Waals surface area contributed by atoms with Gasteiger partial charge in [0.2, 0.25) is 0 Å². The van der Waals surface area contributed by atoms with E-state index in [2.05, 4.69) is 29.8 Å². The first kappa shape index (κ1) is 23.3. The number of rotatable bonds is 10. The lowest BCUT2D eigenvalue weighted by molar-refractivity contribution is 0.0952. The van der Waals surface area contributed by atoms with Gasteiger partial charge in [-0.1, -0.05) is 38.8 Å². The van der Waals surface area contributed by atoms with E-state index in [0.717, 1.165) is 31.4 Å². The Morgan fingerprint density at radius 2 is 1.63 bits per heavy atom. The molecule has 160 valence electrons. The zero-order chi connectivity index (χ0) is 21.8. The summed E-state index contributed by atoms with van der Waals surface area (Å²) >= 11 is 5.26. The highest BCUT2D eigenvalue weighted by atomic mass is 32.1. The Morgan fingerprint density at radius 1 is 0.933 bits per heavy atom. The van der Waals surface area contributed by atoms with Gasteiger partial charge in [-0.15, -0.1) is 0 Å². The average molecular weight is 428 g/mol. The van der Waals surface area contributed by atoms with Crippen molar-refractivity contribution >= 4 is 34.8 Å². The second-order valence-corrected chi connectivity index (χ2v) is 7.20. The van der Waals surface area contributed by atoms with E-state index in [0.29, 0.717) is 30.0 Å². The molecule has 30 heavy (non-hydrogen) atoms. The van der Waals surface area contributed by atoms with Crippen molar-refractivity contribution in [2.75, 3.05) is 18.5 Å². The van der Waals surface area contributed by atoms with Gasteiger partial charge in [0.25, 0.3) is 11.8 Å². The lowest BCUT2D eigenvalue weighted by atomic mass is 10.1. The Hall–Kier alpha value is -2.93. The summed E-state index contributed by atoms with van der Waals surface area (Å²) in [7, 11) is 0. The summed E-state index contributed by atoms with van der Waals surface area (Å²) in [5.74, 6) is 0.209. The van der Waals surface area contributed by atoms with Crippen LogP contribution in [0.4, 0.5) is 5.69 Å². The van der Waals surface area contributed by atoms with Crippen molar-refractivity contribution < 1.29 is 14.3 Å². The Bertz CT molecular complexity index is 853. The molecule has 0 aliphatic rings. The van der Waals surface area contributed by atoms with Gasteiger partial charge >= 0.3 is 0 Å². The number of anilines is 1. The topological polar surface area (TPSA) is 79.5 Å². The van der Waals surface area contributed by atoms with Crippen molar-refractivity contribution in [3.8, 4) is 5.75 Å². The number of carbonyl (C=O) groups is 2. The molecule has 0 heterocycles. The molecule has 0 aliphatic carbocycles. The van der Waals surface area contributed by atoms with Gasteiger partial charge in [0.15, 0.2) is 5.11 Å². The minimum Gasteiger partial charge on any atom is -0.494 e. The highest BCUT2D eigenvalue weighted by Crippen LogP contribution is 2.16. The number of nitrogens with one attached hydrogen (secondary N) is 3.